The van der Waals surface area contributed by atoms with Crippen molar-refractivity contribution < 1.29 is 50.6 Å². The molecule has 1 saturated heterocycles. The smallest absolute Gasteiger partial charge is 0.408 e. The summed E-state index contributed by atoms with van der Waals surface area (Å²) in [4.78, 5) is 62.4. The number of carbonyl (C=O) groups is 4. The molecule has 17 heteroatoms. The van der Waals surface area contributed by atoms with E-state index in [4.69, 9.17) is 23.6 Å². The Hall–Kier alpha value is -5.45. The molecular weight excluding hydrogens is 798 g/mol. The highest BCUT2D eigenvalue weighted by Gasteiger charge is 2.62. The van der Waals surface area contributed by atoms with Crippen LogP contribution in [0, 0.1) is 11.7 Å². The van der Waals surface area contributed by atoms with Gasteiger partial charge in [0.25, 0.3) is 5.91 Å². The van der Waals surface area contributed by atoms with Gasteiger partial charge in [-0.05, 0) is 96.6 Å². The summed E-state index contributed by atoms with van der Waals surface area (Å²) in [5, 5.41) is 5.98. The summed E-state index contributed by atoms with van der Waals surface area (Å²) in [6.45, 7) is 7.30. The zero-order valence-electron chi connectivity index (χ0n) is 34.0. The molecule has 0 unspecified atom stereocenters. The molecule has 0 bridgehead atoms. The summed E-state index contributed by atoms with van der Waals surface area (Å²) in [6, 6.07) is 7.08. The molecular formula is C43H50FN5O10S. The van der Waals surface area contributed by atoms with E-state index in [2.05, 4.69) is 15.4 Å². The second-order valence-electron chi connectivity index (χ2n) is 17.2. The molecule has 4 amide bonds. The molecule has 2 saturated carbocycles. The molecule has 5 atom stereocenters. The lowest BCUT2D eigenvalue weighted by Gasteiger charge is -2.30. The number of aromatic nitrogens is 1. The topological polar surface area (TPSA) is 195 Å². The molecule has 2 aliphatic heterocycles. The van der Waals surface area contributed by atoms with Crippen LogP contribution in [0.15, 0.2) is 53.0 Å². The van der Waals surface area contributed by atoms with Gasteiger partial charge in [-0.1, -0.05) is 25.0 Å². The molecule has 0 spiro atoms. The molecule has 3 N–H and O–H groups in total. The number of carbonyl (C=O) groups excluding carboxylic acids is 4. The maximum Gasteiger partial charge on any atom is 0.408 e. The summed E-state index contributed by atoms with van der Waals surface area (Å²) >= 11 is 0. The summed E-state index contributed by atoms with van der Waals surface area (Å²) < 4.78 is 67.1. The number of allylic oxidation sites excluding steroid dienone is 1. The van der Waals surface area contributed by atoms with Crippen LogP contribution >= 0.6 is 0 Å². The molecule has 4 aromatic rings. The van der Waals surface area contributed by atoms with Crippen LogP contribution in [-0.4, -0.2) is 89.8 Å². The number of alkyl carbamates (subject to hydrolysis) is 1. The summed E-state index contributed by atoms with van der Waals surface area (Å²) in [5.74, 6) is -2.26. The fourth-order valence-corrected chi connectivity index (χ4v) is 9.56. The van der Waals surface area contributed by atoms with Crippen LogP contribution in [0.2, 0.25) is 0 Å². The molecule has 8 rings (SSSR count). The fourth-order valence-electron chi connectivity index (χ4n) is 8.20. The van der Waals surface area contributed by atoms with Crippen molar-refractivity contribution in [2.24, 2.45) is 5.92 Å². The highest BCUT2D eigenvalue weighted by molar-refractivity contribution is 7.91. The van der Waals surface area contributed by atoms with Crippen LogP contribution in [0.25, 0.3) is 33.0 Å². The van der Waals surface area contributed by atoms with Crippen molar-refractivity contribution in [1.82, 2.24) is 25.2 Å². The quantitative estimate of drug-likeness (QED) is 0.178. The second kappa shape index (κ2) is 15.9. The van der Waals surface area contributed by atoms with Gasteiger partial charge in [0.1, 0.15) is 52.0 Å². The first-order chi connectivity index (χ1) is 28.5. The highest BCUT2D eigenvalue weighted by atomic mass is 32.2. The number of ether oxygens (including phenoxy) is 3. The van der Waals surface area contributed by atoms with Gasteiger partial charge in [-0.25, -0.2) is 22.6 Å². The van der Waals surface area contributed by atoms with Crippen LogP contribution in [-0.2, 0) is 29.1 Å². The van der Waals surface area contributed by atoms with Gasteiger partial charge in [0, 0.05) is 23.8 Å². The number of furan rings is 1. The number of rotatable bonds is 8. The largest absolute Gasteiger partial charge is 0.494 e. The number of nitrogens with zero attached hydrogens (tertiary/aromatic N) is 2. The highest BCUT2D eigenvalue weighted by Crippen LogP contribution is 2.46. The Bertz CT molecular complexity index is 2510. The minimum atomic E-state index is -3.94. The molecule has 320 valence electrons. The third kappa shape index (κ3) is 8.45. The van der Waals surface area contributed by atoms with E-state index in [0.717, 1.165) is 12.8 Å². The lowest BCUT2D eigenvalue weighted by atomic mass is 10.0. The number of nitrogens with one attached hydrogen (secondary N) is 3. The van der Waals surface area contributed by atoms with Gasteiger partial charge < -0.3 is 34.2 Å². The van der Waals surface area contributed by atoms with Gasteiger partial charge in [-0.15, -0.1) is 0 Å². The first-order valence-corrected chi connectivity index (χ1v) is 22.2. The van der Waals surface area contributed by atoms with E-state index in [1.807, 2.05) is 19.1 Å². The summed E-state index contributed by atoms with van der Waals surface area (Å²) in [7, 11) is -3.94. The number of halogens is 1. The van der Waals surface area contributed by atoms with Crippen molar-refractivity contribution in [3.8, 4) is 11.5 Å². The van der Waals surface area contributed by atoms with Crippen LogP contribution in [0.1, 0.15) is 85.5 Å². The zero-order chi connectivity index (χ0) is 42.6. The molecule has 15 nitrogen and oxygen atoms in total. The van der Waals surface area contributed by atoms with Gasteiger partial charge >= 0.3 is 6.09 Å². The molecule has 60 heavy (non-hydrogen) atoms. The van der Waals surface area contributed by atoms with Gasteiger partial charge in [0.15, 0.2) is 11.3 Å². The van der Waals surface area contributed by atoms with Crippen LogP contribution in [0.5, 0.6) is 11.5 Å². The summed E-state index contributed by atoms with van der Waals surface area (Å²) in [5.41, 5.74) is -0.991. The first kappa shape index (κ1) is 41.3. The fraction of sp³-hybridized carbons (Fsp3) is 0.512. The SMILES string of the molecule is CCOc1ccc2oc3c(O[C@@H]4C[C@H]5C(=O)N[C@]6(C(=O)NS(=O)(=O)C7CC7)C[C@H]6C=CCCCCC[C@H](NC(=O)OC(C)(C)C)C(=O)N5C4)c4ccc(F)cc4nc3c2c1. The molecule has 2 aliphatic carbocycles. The Morgan fingerprint density at radius 2 is 1.87 bits per heavy atom. The molecule has 2 aromatic carbocycles. The lowest BCUT2D eigenvalue weighted by Crippen LogP contribution is -2.58. The number of pyridine rings is 1. The number of sulfonamides is 1. The Morgan fingerprint density at radius 1 is 1.07 bits per heavy atom. The van der Waals surface area contributed by atoms with E-state index < -0.39 is 80.2 Å². The van der Waals surface area contributed by atoms with Crippen molar-refractivity contribution in [3.63, 3.8) is 0 Å². The Labute approximate surface area is 346 Å². The molecule has 2 aromatic heterocycles. The first-order valence-electron chi connectivity index (χ1n) is 20.6. The van der Waals surface area contributed by atoms with Gasteiger partial charge in [0.05, 0.1) is 29.3 Å². The number of fused-ring (bicyclic) bond motifs is 6. The van der Waals surface area contributed by atoms with E-state index >= 15 is 0 Å². The van der Waals surface area contributed by atoms with E-state index in [0.29, 0.717) is 59.9 Å². The van der Waals surface area contributed by atoms with E-state index in [1.165, 1.54) is 23.1 Å². The number of amides is 4. The molecule has 0 radical (unpaired) electrons. The molecule has 4 aliphatic rings. The van der Waals surface area contributed by atoms with Crippen LogP contribution in [0.3, 0.4) is 0 Å². The number of benzene rings is 2. The van der Waals surface area contributed by atoms with Crippen LogP contribution in [0.4, 0.5) is 9.18 Å². The maximum absolute atomic E-state index is 14.7. The normalized spacial score (nSPS) is 25.2. The van der Waals surface area contributed by atoms with Gasteiger partial charge in [0.2, 0.25) is 21.8 Å². The minimum absolute atomic E-state index is 0.0590. The predicted molar refractivity (Wildman–Crippen MR) is 219 cm³/mol. The van der Waals surface area contributed by atoms with Crippen molar-refractivity contribution in [2.45, 2.75) is 120 Å². The zero-order valence-corrected chi connectivity index (χ0v) is 34.9. The molecule has 3 fully saturated rings. The van der Waals surface area contributed by atoms with Crippen molar-refractivity contribution in [3.05, 3.63) is 54.4 Å². The average molecular weight is 848 g/mol. The van der Waals surface area contributed by atoms with Crippen molar-refractivity contribution in [1.29, 1.82) is 0 Å². The predicted octanol–water partition coefficient (Wildman–Crippen LogP) is 5.92. The van der Waals surface area contributed by atoms with E-state index in [1.54, 1.807) is 39.0 Å². The minimum Gasteiger partial charge on any atom is -0.494 e. The Morgan fingerprint density at radius 3 is 2.62 bits per heavy atom. The number of hydrogen-bond donors (Lipinski definition) is 3. The Balaban J connectivity index is 1.17. The second-order valence-corrected chi connectivity index (χ2v) is 19.1. The monoisotopic (exact) mass is 847 g/mol. The van der Waals surface area contributed by atoms with Gasteiger partial charge in [-0.3, -0.25) is 19.1 Å². The number of hydrogen-bond acceptors (Lipinski definition) is 11. The van der Waals surface area contributed by atoms with E-state index in [-0.39, 0.29) is 42.7 Å². The maximum atomic E-state index is 14.7. The van der Waals surface area contributed by atoms with Crippen molar-refractivity contribution in [2.75, 3.05) is 13.2 Å². The third-order valence-corrected chi connectivity index (χ3v) is 13.2. The summed E-state index contributed by atoms with van der Waals surface area (Å²) in [6.07, 6.45) is 6.10. The van der Waals surface area contributed by atoms with Gasteiger partial charge in [-0.2, -0.15) is 0 Å². The Kier molecular flexibility index (Phi) is 10.9. The van der Waals surface area contributed by atoms with E-state index in [9.17, 15) is 32.0 Å². The standard InChI is InChI=1S/C43H50FN5O10S/c1-5-56-26-14-18-34-30(20-26)35-37(58-34)36(29-17-13-25(44)19-32(29)45-35)57-27-21-33-38(50)47-43(40(52)48-60(54,55)28-15-16-28)22-24(43)11-9-7-6-8-10-12-31(39(51)49(33)23-27)46-41(53)59-42(2,3)4/h9,11,13-14,17-20,24,27-28,31,33H,5-8,10,12,15-16,21-23H2,1-4H3,(H,46,53)(H,47,50)(H,48,52)/t24-,27-,31+,33+,43-/m1/s1. The lowest BCUT2D eigenvalue weighted by molar-refractivity contribution is -0.141. The van der Waals surface area contributed by atoms with Crippen LogP contribution < -0.4 is 24.8 Å². The average Bonchev–Trinajstić information content (AvgIpc) is 4.08. The van der Waals surface area contributed by atoms with Crippen molar-refractivity contribution >= 4 is 66.8 Å². The molecule has 4 heterocycles. The third-order valence-electron chi connectivity index (χ3n) is 11.4.